The maximum atomic E-state index is 5.80. The monoisotopic (exact) mass is 127 g/mol. The van der Waals surface area contributed by atoms with Gasteiger partial charge in [0.2, 0.25) is 0 Å². The zero-order valence-corrected chi connectivity index (χ0v) is 6.27. The molecule has 0 aromatic heterocycles. The van der Waals surface area contributed by atoms with Crippen LogP contribution in [0.1, 0.15) is 39.0 Å². The molecule has 1 saturated carbocycles. The maximum absolute atomic E-state index is 5.80. The lowest BCUT2D eigenvalue weighted by molar-refractivity contribution is 0.499. The van der Waals surface area contributed by atoms with Gasteiger partial charge in [0.25, 0.3) is 0 Å². The Morgan fingerprint density at radius 1 is 1.11 bits per heavy atom. The lowest BCUT2D eigenvalue weighted by Crippen LogP contribution is -2.17. The Kier molecular flexibility index (Phi) is 2.52. The van der Waals surface area contributed by atoms with Gasteiger partial charge in [-0.05, 0) is 25.2 Å². The largest absolute Gasteiger partial charge is 0.328 e. The van der Waals surface area contributed by atoms with E-state index in [0.29, 0.717) is 6.04 Å². The highest BCUT2D eigenvalue weighted by Crippen LogP contribution is 2.20. The van der Waals surface area contributed by atoms with E-state index >= 15 is 0 Å². The smallest absolute Gasteiger partial charge is 0.00389 e. The molecular formula is C8H17N. The quantitative estimate of drug-likeness (QED) is 0.494. The third-order valence-corrected chi connectivity index (χ3v) is 2.30. The van der Waals surface area contributed by atoms with Crippen LogP contribution in [-0.4, -0.2) is 6.04 Å². The standard InChI is InChI=1S/C8H17N/c1-7-3-2-4-8(9)6-5-7/h7-8H,2-6,9H2,1H3/t7?,8-/m1/s1. The van der Waals surface area contributed by atoms with Crippen molar-refractivity contribution >= 4 is 0 Å². The molecule has 0 aliphatic heterocycles. The van der Waals surface area contributed by atoms with Crippen LogP contribution in [-0.2, 0) is 0 Å². The van der Waals surface area contributed by atoms with Crippen molar-refractivity contribution < 1.29 is 0 Å². The predicted octanol–water partition coefficient (Wildman–Crippen LogP) is 1.91. The van der Waals surface area contributed by atoms with Crippen molar-refractivity contribution in [3.8, 4) is 0 Å². The van der Waals surface area contributed by atoms with Crippen molar-refractivity contribution in [3.05, 3.63) is 0 Å². The highest BCUT2D eigenvalue weighted by Gasteiger charge is 2.11. The van der Waals surface area contributed by atoms with Gasteiger partial charge >= 0.3 is 0 Å². The van der Waals surface area contributed by atoms with E-state index < -0.39 is 0 Å². The predicted molar refractivity (Wildman–Crippen MR) is 40.2 cm³/mol. The molecule has 54 valence electrons. The topological polar surface area (TPSA) is 26.0 Å². The number of nitrogens with two attached hydrogens (primary N) is 1. The van der Waals surface area contributed by atoms with Gasteiger partial charge in [-0.2, -0.15) is 0 Å². The molecule has 2 atom stereocenters. The van der Waals surface area contributed by atoms with Crippen LogP contribution in [0.2, 0.25) is 0 Å². The summed E-state index contributed by atoms with van der Waals surface area (Å²) in [4.78, 5) is 0. The van der Waals surface area contributed by atoms with Gasteiger partial charge in [0.05, 0.1) is 0 Å². The van der Waals surface area contributed by atoms with Gasteiger partial charge in [0, 0.05) is 6.04 Å². The van der Waals surface area contributed by atoms with Crippen LogP contribution < -0.4 is 5.73 Å². The molecule has 0 heterocycles. The fraction of sp³-hybridized carbons (Fsp3) is 1.00. The summed E-state index contributed by atoms with van der Waals surface area (Å²) in [5.74, 6) is 0.929. The normalized spacial score (nSPS) is 38.0. The molecule has 1 rings (SSSR count). The molecule has 0 amide bonds. The van der Waals surface area contributed by atoms with Crippen molar-refractivity contribution in [2.24, 2.45) is 11.7 Å². The average Bonchev–Trinajstić information content (AvgIpc) is 1.97. The summed E-state index contributed by atoms with van der Waals surface area (Å²) in [6.07, 6.45) is 6.60. The van der Waals surface area contributed by atoms with Crippen LogP contribution in [0.4, 0.5) is 0 Å². The molecule has 1 unspecified atom stereocenters. The van der Waals surface area contributed by atoms with E-state index in [-0.39, 0.29) is 0 Å². The summed E-state index contributed by atoms with van der Waals surface area (Å²) in [7, 11) is 0. The molecular weight excluding hydrogens is 110 g/mol. The Labute approximate surface area is 57.6 Å². The second kappa shape index (κ2) is 3.21. The molecule has 0 aromatic rings. The summed E-state index contributed by atoms with van der Waals surface area (Å²) in [6.45, 7) is 2.33. The zero-order valence-electron chi connectivity index (χ0n) is 6.27. The molecule has 0 bridgehead atoms. The van der Waals surface area contributed by atoms with E-state index in [9.17, 15) is 0 Å². The minimum atomic E-state index is 0.509. The molecule has 2 N–H and O–H groups in total. The molecule has 1 fully saturated rings. The van der Waals surface area contributed by atoms with E-state index in [1.54, 1.807) is 0 Å². The summed E-state index contributed by atoms with van der Waals surface area (Å²) in [5.41, 5.74) is 5.80. The Balaban J connectivity index is 2.25. The van der Waals surface area contributed by atoms with Crippen LogP contribution in [0, 0.1) is 5.92 Å². The van der Waals surface area contributed by atoms with Crippen LogP contribution in [0.5, 0.6) is 0 Å². The highest BCUT2D eigenvalue weighted by atomic mass is 14.6. The molecule has 1 aliphatic carbocycles. The van der Waals surface area contributed by atoms with Gasteiger partial charge in [0.15, 0.2) is 0 Å². The summed E-state index contributed by atoms with van der Waals surface area (Å²) < 4.78 is 0. The van der Waals surface area contributed by atoms with E-state index in [1.165, 1.54) is 32.1 Å². The Hall–Kier alpha value is -0.0400. The van der Waals surface area contributed by atoms with Gasteiger partial charge in [-0.3, -0.25) is 0 Å². The molecule has 1 nitrogen and oxygen atoms in total. The van der Waals surface area contributed by atoms with E-state index in [2.05, 4.69) is 6.92 Å². The Morgan fingerprint density at radius 2 is 1.89 bits per heavy atom. The average molecular weight is 127 g/mol. The minimum absolute atomic E-state index is 0.509. The number of rotatable bonds is 0. The number of hydrogen-bond acceptors (Lipinski definition) is 1. The SMILES string of the molecule is CC1CCC[C@@H](N)CC1. The first-order valence-electron chi connectivity index (χ1n) is 4.04. The second-order valence-corrected chi connectivity index (χ2v) is 3.37. The second-order valence-electron chi connectivity index (χ2n) is 3.37. The van der Waals surface area contributed by atoms with E-state index in [0.717, 1.165) is 5.92 Å². The van der Waals surface area contributed by atoms with Crippen molar-refractivity contribution in [3.63, 3.8) is 0 Å². The molecule has 9 heavy (non-hydrogen) atoms. The van der Waals surface area contributed by atoms with Gasteiger partial charge in [0.1, 0.15) is 0 Å². The lowest BCUT2D eigenvalue weighted by atomic mass is 10.0. The first-order valence-corrected chi connectivity index (χ1v) is 4.04. The van der Waals surface area contributed by atoms with Crippen molar-refractivity contribution in [2.45, 2.75) is 45.1 Å². The van der Waals surface area contributed by atoms with Gasteiger partial charge in [-0.15, -0.1) is 0 Å². The lowest BCUT2D eigenvalue weighted by Gasteiger charge is -2.05. The first-order chi connectivity index (χ1) is 4.29. The molecule has 0 spiro atoms. The molecule has 1 heteroatoms. The van der Waals surface area contributed by atoms with Crippen LogP contribution in [0.3, 0.4) is 0 Å². The van der Waals surface area contributed by atoms with E-state index in [1.807, 2.05) is 0 Å². The molecule has 0 saturated heterocycles. The van der Waals surface area contributed by atoms with Crippen molar-refractivity contribution in [1.29, 1.82) is 0 Å². The van der Waals surface area contributed by atoms with Gasteiger partial charge in [-0.1, -0.05) is 19.8 Å². The maximum Gasteiger partial charge on any atom is 0.00389 e. The molecule has 0 aromatic carbocycles. The fourth-order valence-electron chi connectivity index (χ4n) is 1.52. The van der Waals surface area contributed by atoms with Crippen LogP contribution in [0.25, 0.3) is 0 Å². The van der Waals surface area contributed by atoms with E-state index in [4.69, 9.17) is 5.73 Å². The van der Waals surface area contributed by atoms with Crippen molar-refractivity contribution in [2.75, 3.05) is 0 Å². The number of hydrogen-bond donors (Lipinski definition) is 1. The molecule has 1 aliphatic rings. The summed E-state index contributed by atoms with van der Waals surface area (Å²) in [6, 6.07) is 0.509. The highest BCUT2D eigenvalue weighted by molar-refractivity contribution is 4.69. The third-order valence-electron chi connectivity index (χ3n) is 2.30. The Bertz CT molecular complexity index is 70.6. The van der Waals surface area contributed by atoms with Crippen molar-refractivity contribution in [1.82, 2.24) is 0 Å². The van der Waals surface area contributed by atoms with Gasteiger partial charge < -0.3 is 5.73 Å². The van der Waals surface area contributed by atoms with Gasteiger partial charge in [-0.25, -0.2) is 0 Å². The zero-order chi connectivity index (χ0) is 6.69. The molecule has 0 radical (unpaired) electrons. The summed E-state index contributed by atoms with van der Waals surface area (Å²) >= 11 is 0. The minimum Gasteiger partial charge on any atom is -0.328 e. The van der Waals surface area contributed by atoms with Crippen LogP contribution >= 0.6 is 0 Å². The third kappa shape index (κ3) is 2.35. The fourth-order valence-corrected chi connectivity index (χ4v) is 1.52. The first kappa shape index (κ1) is 7.07. The summed E-state index contributed by atoms with van der Waals surface area (Å²) in [5, 5.41) is 0. The van der Waals surface area contributed by atoms with Crippen LogP contribution in [0.15, 0.2) is 0 Å². The Morgan fingerprint density at radius 3 is 2.67 bits per heavy atom.